The van der Waals surface area contributed by atoms with Gasteiger partial charge in [0, 0.05) is 26.2 Å². The summed E-state index contributed by atoms with van der Waals surface area (Å²) in [7, 11) is 2.01. The summed E-state index contributed by atoms with van der Waals surface area (Å²) in [5.41, 5.74) is 1.000. The van der Waals surface area contributed by atoms with Crippen LogP contribution in [0.1, 0.15) is 31.9 Å². The molecule has 2 rings (SSSR count). The predicted molar refractivity (Wildman–Crippen MR) is 59.9 cm³/mol. The molecule has 1 heterocycles. The maximum Gasteiger partial charge on any atom is 0.297 e. The highest BCUT2D eigenvalue weighted by atomic mass is 16.4. The van der Waals surface area contributed by atoms with Crippen molar-refractivity contribution in [2.75, 3.05) is 18.5 Å². The number of nitrogens with one attached hydrogen (secondary N) is 1. The van der Waals surface area contributed by atoms with E-state index < -0.39 is 0 Å². The van der Waals surface area contributed by atoms with Gasteiger partial charge in [-0.05, 0) is 19.3 Å². The van der Waals surface area contributed by atoms with Gasteiger partial charge in [0.25, 0.3) is 6.01 Å². The highest BCUT2D eigenvalue weighted by Crippen LogP contribution is 2.19. The highest BCUT2D eigenvalue weighted by molar-refractivity contribution is 5.24. The largest absolute Gasteiger partial charge is 0.432 e. The molecular formula is C11H19N3O. The van der Waals surface area contributed by atoms with Gasteiger partial charge in [-0.1, -0.05) is 6.92 Å². The van der Waals surface area contributed by atoms with E-state index in [-0.39, 0.29) is 0 Å². The van der Waals surface area contributed by atoms with Crippen molar-refractivity contribution >= 4 is 6.01 Å². The number of hydrogen-bond acceptors (Lipinski definition) is 4. The van der Waals surface area contributed by atoms with Crippen molar-refractivity contribution in [3.05, 3.63) is 12.0 Å². The summed E-state index contributed by atoms with van der Waals surface area (Å²) >= 11 is 0. The van der Waals surface area contributed by atoms with E-state index in [2.05, 4.69) is 17.2 Å². The van der Waals surface area contributed by atoms with E-state index in [9.17, 15) is 0 Å². The molecule has 0 spiro atoms. The minimum atomic E-state index is 0.721. The van der Waals surface area contributed by atoms with Crippen LogP contribution in [0.3, 0.4) is 0 Å². The maximum absolute atomic E-state index is 5.41. The smallest absolute Gasteiger partial charge is 0.297 e. The molecule has 0 amide bonds. The van der Waals surface area contributed by atoms with Crippen molar-refractivity contribution in [3.8, 4) is 0 Å². The molecule has 4 nitrogen and oxygen atoms in total. The fraction of sp³-hybridized carbons (Fsp3) is 0.727. The number of aromatic nitrogens is 1. The first-order valence-electron chi connectivity index (χ1n) is 5.68. The fourth-order valence-corrected chi connectivity index (χ4v) is 1.52. The lowest BCUT2D eigenvalue weighted by molar-refractivity contribution is 0.542. The molecule has 0 atom stereocenters. The Morgan fingerprint density at radius 3 is 3.07 bits per heavy atom. The summed E-state index contributed by atoms with van der Waals surface area (Å²) in [5, 5.41) is 3.42. The summed E-state index contributed by atoms with van der Waals surface area (Å²) in [6.07, 6.45) is 5.46. The van der Waals surface area contributed by atoms with Crippen molar-refractivity contribution in [2.45, 2.75) is 38.8 Å². The summed E-state index contributed by atoms with van der Waals surface area (Å²) < 4.78 is 5.41. The van der Waals surface area contributed by atoms with Crippen LogP contribution in [-0.4, -0.2) is 24.6 Å². The van der Waals surface area contributed by atoms with Crippen molar-refractivity contribution in [1.82, 2.24) is 10.3 Å². The van der Waals surface area contributed by atoms with Gasteiger partial charge in [0.1, 0.15) is 6.26 Å². The molecule has 1 aliphatic carbocycles. The molecule has 0 radical (unpaired) electrons. The minimum absolute atomic E-state index is 0.721. The summed E-state index contributed by atoms with van der Waals surface area (Å²) in [5.74, 6) is 0. The molecule has 1 aromatic rings. The third-order valence-corrected chi connectivity index (χ3v) is 2.57. The average molecular weight is 209 g/mol. The fourth-order valence-electron chi connectivity index (χ4n) is 1.52. The van der Waals surface area contributed by atoms with Crippen molar-refractivity contribution in [3.63, 3.8) is 0 Å². The Morgan fingerprint density at radius 2 is 2.40 bits per heavy atom. The molecule has 1 saturated carbocycles. The van der Waals surface area contributed by atoms with Crippen LogP contribution in [0.5, 0.6) is 0 Å². The topological polar surface area (TPSA) is 41.3 Å². The van der Waals surface area contributed by atoms with Gasteiger partial charge >= 0.3 is 0 Å². The number of hydrogen-bond donors (Lipinski definition) is 1. The van der Waals surface area contributed by atoms with Gasteiger partial charge in [-0.25, -0.2) is 0 Å². The third kappa shape index (κ3) is 2.96. The average Bonchev–Trinajstić information content (AvgIpc) is 2.93. The Kier molecular flexibility index (Phi) is 3.26. The number of rotatable bonds is 6. The number of nitrogens with zero attached hydrogens (tertiary/aromatic N) is 2. The second-order valence-corrected chi connectivity index (χ2v) is 4.20. The Bertz CT molecular complexity index is 307. The van der Waals surface area contributed by atoms with Gasteiger partial charge in [0.15, 0.2) is 0 Å². The van der Waals surface area contributed by atoms with E-state index in [1.54, 1.807) is 6.26 Å². The van der Waals surface area contributed by atoms with E-state index in [4.69, 9.17) is 4.42 Å². The van der Waals surface area contributed by atoms with Gasteiger partial charge in [0.05, 0.1) is 5.69 Å². The zero-order chi connectivity index (χ0) is 10.7. The first-order chi connectivity index (χ1) is 7.29. The minimum Gasteiger partial charge on any atom is -0.432 e. The standard InChI is InChI=1S/C11H19N3O/c1-3-6-14(2)11-13-10(8-15-11)7-12-9-4-5-9/h8-9,12H,3-7H2,1-2H3. The molecule has 1 aromatic heterocycles. The first kappa shape index (κ1) is 10.5. The molecule has 0 bridgehead atoms. The van der Waals surface area contributed by atoms with Crippen molar-refractivity contribution in [1.29, 1.82) is 0 Å². The quantitative estimate of drug-likeness (QED) is 0.775. The molecule has 1 aliphatic rings. The zero-order valence-corrected chi connectivity index (χ0v) is 9.49. The zero-order valence-electron chi connectivity index (χ0n) is 9.49. The van der Waals surface area contributed by atoms with Crippen LogP contribution in [0.15, 0.2) is 10.7 Å². The van der Waals surface area contributed by atoms with E-state index in [1.807, 2.05) is 11.9 Å². The third-order valence-electron chi connectivity index (χ3n) is 2.57. The second-order valence-electron chi connectivity index (χ2n) is 4.20. The molecule has 0 aliphatic heterocycles. The van der Waals surface area contributed by atoms with Gasteiger partial charge in [-0.3, -0.25) is 0 Å². The van der Waals surface area contributed by atoms with Gasteiger partial charge in [-0.15, -0.1) is 0 Å². The molecule has 1 N–H and O–H groups in total. The van der Waals surface area contributed by atoms with E-state index in [0.717, 1.165) is 37.3 Å². The Balaban J connectivity index is 1.84. The van der Waals surface area contributed by atoms with Crippen LogP contribution in [0.4, 0.5) is 6.01 Å². The first-order valence-corrected chi connectivity index (χ1v) is 5.68. The second kappa shape index (κ2) is 4.66. The summed E-state index contributed by atoms with van der Waals surface area (Å²) in [4.78, 5) is 6.47. The van der Waals surface area contributed by atoms with Crippen LogP contribution in [0.2, 0.25) is 0 Å². The monoisotopic (exact) mass is 209 g/mol. The lowest BCUT2D eigenvalue weighted by Crippen LogP contribution is -2.19. The van der Waals surface area contributed by atoms with Gasteiger partial charge in [-0.2, -0.15) is 4.98 Å². The van der Waals surface area contributed by atoms with Gasteiger partial charge in [0.2, 0.25) is 0 Å². The Morgan fingerprint density at radius 1 is 1.60 bits per heavy atom. The lowest BCUT2D eigenvalue weighted by Gasteiger charge is -2.11. The highest BCUT2D eigenvalue weighted by Gasteiger charge is 2.20. The van der Waals surface area contributed by atoms with Crippen molar-refractivity contribution < 1.29 is 4.42 Å². The molecule has 1 fully saturated rings. The molecular weight excluding hydrogens is 190 g/mol. The normalized spacial score (nSPS) is 15.6. The maximum atomic E-state index is 5.41. The molecule has 15 heavy (non-hydrogen) atoms. The van der Waals surface area contributed by atoms with Crippen LogP contribution in [0.25, 0.3) is 0 Å². The van der Waals surface area contributed by atoms with Crippen LogP contribution < -0.4 is 10.2 Å². The van der Waals surface area contributed by atoms with E-state index in [0.29, 0.717) is 0 Å². The number of anilines is 1. The summed E-state index contributed by atoms with van der Waals surface area (Å²) in [6.45, 7) is 3.96. The van der Waals surface area contributed by atoms with Gasteiger partial charge < -0.3 is 14.6 Å². The number of oxazole rings is 1. The predicted octanol–water partition coefficient (Wildman–Crippen LogP) is 1.77. The lowest BCUT2D eigenvalue weighted by atomic mass is 10.4. The Hall–Kier alpha value is -1.03. The molecule has 0 unspecified atom stereocenters. The SMILES string of the molecule is CCCN(C)c1nc(CNC2CC2)co1. The van der Waals surface area contributed by atoms with Crippen molar-refractivity contribution in [2.24, 2.45) is 0 Å². The molecule has 4 heteroatoms. The molecule has 0 aromatic carbocycles. The van der Waals surface area contributed by atoms with Crippen LogP contribution in [0, 0.1) is 0 Å². The van der Waals surface area contributed by atoms with E-state index in [1.165, 1.54) is 12.8 Å². The van der Waals surface area contributed by atoms with Crippen LogP contribution in [-0.2, 0) is 6.54 Å². The van der Waals surface area contributed by atoms with E-state index >= 15 is 0 Å². The molecule has 0 saturated heterocycles. The Labute approximate surface area is 90.7 Å². The summed E-state index contributed by atoms with van der Waals surface area (Å²) in [6, 6.07) is 1.45. The molecule has 84 valence electrons. The van der Waals surface area contributed by atoms with Crippen LogP contribution >= 0.6 is 0 Å².